The molecule has 4 amide bonds. The molecule has 126 heavy (non-hydrogen) atoms. The predicted molar refractivity (Wildman–Crippen MR) is 468 cm³/mol. The minimum Gasteiger partial charge on any atom is -0.505 e. The summed E-state index contributed by atoms with van der Waals surface area (Å²) in [6.07, 6.45) is 7.97. The summed E-state index contributed by atoms with van der Waals surface area (Å²) >= 11 is 3.36. The molecule has 666 valence electrons. The Kier molecular flexibility index (Phi) is 29.0. The Labute approximate surface area is 723 Å². The van der Waals surface area contributed by atoms with Gasteiger partial charge in [-0.1, -0.05) is 62.7 Å². The number of nitrogens with one attached hydrogen (secondary N) is 4. The monoisotopic (exact) mass is 1880 g/mol. The Morgan fingerprint density at radius 2 is 0.802 bits per heavy atom. The van der Waals surface area contributed by atoms with Gasteiger partial charge < -0.3 is 102 Å². The largest absolute Gasteiger partial charge is 0.505 e. The van der Waals surface area contributed by atoms with Crippen molar-refractivity contribution < 1.29 is 95.3 Å². The molecular weight excluding hydrogens is 1790 g/mol. The summed E-state index contributed by atoms with van der Waals surface area (Å²) in [6.45, 7) is 9.96. The van der Waals surface area contributed by atoms with E-state index < -0.39 is 99.8 Å². The van der Waals surface area contributed by atoms with Crippen LogP contribution in [0, 0.1) is 17.3 Å². The summed E-state index contributed by atoms with van der Waals surface area (Å²) in [5.74, 6) is -3.26. The van der Waals surface area contributed by atoms with Crippen molar-refractivity contribution in [2.24, 2.45) is 59.2 Å². The Balaban J connectivity index is 0.000000163. The lowest BCUT2D eigenvalue weighted by molar-refractivity contribution is -0.120. The first-order valence-electron chi connectivity index (χ1n) is 38.0. The molecule has 4 atom stereocenters. The fourth-order valence-electron chi connectivity index (χ4n) is 12.2. The summed E-state index contributed by atoms with van der Waals surface area (Å²) in [7, 11) is -12.1. The van der Waals surface area contributed by atoms with E-state index >= 15 is 0 Å². The smallest absolute Gasteiger partial charge is 0.348 e. The number of carbonyl (C=O) groups is 4. The second-order valence-corrected chi connectivity index (χ2v) is 38.8. The lowest BCUT2D eigenvalue weighted by atomic mass is 9.92. The molecule has 1 fully saturated rings. The third-order valence-electron chi connectivity index (χ3n) is 18.7. The molecule has 17 N–H and O–H groups in total. The number of hydrogen-bond donors (Lipinski definition) is 13. The van der Waals surface area contributed by atoms with Crippen LogP contribution in [0.25, 0.3) is 0 Å². The van der Waals surface area contributed by atoms with E-state index in [1.807, 2.05) is 46.8 Å². The number of primary amides is 4. The first-order valence-corrected chi connectivity index (χ1v) is 45.1. The van der Waals surface area contributed by atoms with Crippen molar-refractivity contribution in [1.29, 1.82) is 0 Å². The predicted octanol–water partition coefficient (Wildman–Crippen LogP) is 4.65. The molecule has 14 rings (SSSR count). The van der Waals surface area contributed by atoms with Crippen molar-refractivity contribution in [1.82, 2.24) is 39.1 Å². The van der Waals surface area contributed by atoms with Crippen LogP contribution in [0.1, 0.15) is 88.1 Å². The molecule has 49 heteroatoms. The van der Waals surface area contributed by atoms with E-state index in [9.17, 15) is 81.9 Å². The van der Waals surface area contributed by atoms with Gasteiger partial charge in [-0.3, -0.25) is 56.6 Å². The summed E-state index contributed by atoms with van der Waals surface area (Å²) in [6, 6.07) is 24.9. The number of fused-ring (bicyclic) bond motifs is 4. The highest BCUT2D eigenvalue weighted by molar-refractivity contribution is 9.10. The van der Waals surface area contributed by atoms with Gasteiger partial charge >= 0.3 is 30.1 Å². The summed E-state index contributed by atoms with van der Waals surface area (Å²) < 4.78 is 112. The number of halogens is 1. The molecule has 4 unspecified atom stereocenters. The van der Waals surface area contributed by atoms with Crippen molar-refractivity contribution in [3.63, 3.8) is 0 Å². The van der Waals surface area contributed by atoms with Gasteiger partial charge in [-0.15, -0.1) is 0 Å². The third kappa shape index (κ3) is 22.6. The average Bonchev–Trinajstić information content (AvgIpc) is 1.07. The number of anilines is 4. The van der Waals surface area contributed by atoms with Gasteiger partial charge in [0, 0.05) is 45.4 Å². The van der Waals surface area contributed by atoms with E-state index in [-0.39, 0.29) is 133 Å². The molecule has 1 saturated carbocycles. The number of aryl methyl sites for hydroxylation is 2. The molecule has 9 aromatic rings. The van der Waals surface area contributed by atoms with Gasteiger partial charge in [-0.05, 0) is 133 Å². The lowest BCUT2D eigenvalue weighted by Gasteiger charge is -2.25. The second kappa shape index (κ2) is 39.1. The Morgan fingerprint density at radius 3 is 1.14 bits per heavy atom. The van der Waals surface area contributed by atoms with Crippen LogP contribution in [0.4, 0.5) is 22.7 Å². The van der Waals surface area contributed by atoms with Crippen LogP contribution in [0.15, 0.2) is 165 Å². The van der Waals surface area contributed by atoms with Crippen LogP contribution in [-0.2, 0) is 77.2 Å². The van der Waals surface area contributed by atoms with Crippen LogP contribution in [0.3, 0.4) is 0 Å². The molecule has 44 nitrogen and oxygen atoms in total. The van der Waals surface area contributed by atoms with Crippen LogP contribution in [0.5, 0.6) is 46.0 Å². The van der Waals surface area contributed by atoms with Crippen molar-refractivity contribution in [3.8, 4) is 46.0 Å². The maximum atomic E-state index is 13.5. The lowest BCUT2D eigenvalue weighted by Crippen LogP contribution is -2.34. The first kappa shape index (κ1) is 93.7. The molecule has 1 aliphatic carbocycles. The molecule has 0 saturated heterocycles. The van der Waals surface area contributed by atoms with Gasteiger partial charge in [-0.25, -0.2) is 18.7 Å². The zero-order chi connectivity index (χ0) is 91.7. The van der Waals surface area contributed by atoms with Crippen LogP contribution >= 0.6 is 46.0 Å². The minimum absolute atomic E-state index is 0.0290. The fraction of sp³-hybridized carbons (Fsp3) is 0.299. The highest BCUT2D eigenvalue weighted by atomic mass is 79.9. The van der Waals surface area contributed by atoms with Crippen molar-refractivity contribution in [2.45, 2.75) is 86.5 Å². The van der Waals surface area contributed by atoms with E-state index in [1.165, 1.54) is 90.0 Å². The summed E-state index contributed by atoms with van der Waals surface area (Å²) in [5, 5.41) is 69.2. The molecule has 8 heterocycles. The van der Waals surface area contributed by atoms with Gasteiger partial charge in [0.05, 0.1) is 75.3 Å². The second-order valence-electron chi connectivity index (χ2n) is 29.9. The Bertz CT molecular complexity index is 6400. The molecule has 0 radical (unpaired) electrons. The van der Waals surface area contributed by atoms with Crippen LogP contribution < -0.4 is 107 Å². The number of hydrogen-bond acceptors (Lipinski definition) is 31. The highest BCUT2D eigenvalue weighted by Gasteiger charge is 2.40. The zero-order valence-electron chi connectivity index (χ0n) is 68.5. The van der Waals surface area contributed by atoms with Crippen molar-refractivity contribution in [3.05, 3.63) is 196 Å². The van der Waals surface area contributed by atoms with Gasteiger partial charge in [0.2, 0.25) is 0 Å². The summed E-state index contributed by atoms with van der Waals surface area (Å²) in [4.78, 5) is 106. The summed E-state index contributed by atoms with van der Waals surface area (Å²) in [5.41, 5.74) is 19.1. The standard InChI is InChI=1S/C20H17BrN5O6P.C20H26N5O6P.C19H24N5O6P.C18H20N5O6P/c21-12-3-1-2-11(6-12)9-26-20(29)18(15(27)8-23-26)19-24-14-5-4-13(32-10-17(22)28)7-16(14)33(30,31)25-19;1-20(2,3)7-8-25-19(28)17(14(26)10-22-25)18-23-13-6-5-12(31-11-16(21)27)9-15(13)32(29,24-18)30-4;1-11(2)6-7-24-19(27)17(14(25)9-21-24)18-22-13-5-4-12(30-10-16(20)26)8-15(13)31(28,23-18)29-3;1-28-30(27)14-6-11(29-9-15(19)25)4-5-12(14)21-17(22-30)16-13(24)7-20-23(18(16)26)8-10-2-3-10/h1-8,27H,9-10H2,(H2,22,28)(H2,24,25,30,31);5-6,9-10,26H,7-8,11H2,1-4H3,(H2,21,27)(H,23,24,29);4-5,8-9,11,25H,6-7,10H2,1-3H3,(H2,20,26)(H,22,23,28);4-7,10,24H,2-3,8-9H2,1H3,(H2,19,25)(H,21,22,27). The van der Waals surface area contributed by atoms with E-state index in [0.29, 0.717) is 61.4 Å². The van der Waals surface area contributed by atoms with Crippen LogP contribution in [-0.4, -0.2) is 159 Å². The van der Waals surface area contributed by atoms with Gasteiger partial charge in [0.15, 0.2) is 72.8 Å². The van der Waals surface area contributed by atoms with Gasteiger partial charge in [0.1, 0.15) is 45.3 Å². The van der Waals surface area contributed by atoms with Crippen molar-refractivity contribution >= 4 is 137 Å². The number of carbonyl (C=O) groups excluding carboxylic acids is 4. The number of benzene rings is 5. The first-order chi connectivity index (χ1) is 59.5. The van der Waals surface area contributed by atoms with Gasteiger partial charge in [-0.2, -0.15) is 39.4 Å². The Hall–Kier alpha value is -13.0. The molecule has 0 spiro atoms. The molecule has 5 aromatic carbocycles. The number of ether oxygens (including phenoxy) is 4. The number of aromatic hydroxyl groups is 4. The van der Waals surface area contributed by atoms with E-state index in [4.69, 9.17) is 55.5 Å². The van der Waals surface area contributed by atoms with E-state index in [1.54, 1.807) is 30.3 Å². The number of rotatable bonds is 28. The third-order valence-corrected chi connectivity index (χ3v) is 26.5. The van der Waals surface area contributed by atoms with Gasteiger partial charge in [0.25, 0.3) is 45.9 Å². The topological polar surface area (TPSA) is 644 Å². The molecule has 4 aromatic heterocycles. The van der Waals surface area contributed by atoms with E-state index in [2.05, 4.69) is 76.6 Å². The van der Waals surface area contributed by atoms with E-state index in [0.717, 1.165) is 52.3 Å². The number of amidine groups is 4. The Morgan fingerprint density at radius 1 is 0.476 bits per heavy atom. The average molecular weight is 1880 g/mol. The molecule has 4 aliphatic heterocycles. The minimum atomic E-state index is -4.36. The number of nitrogens with two attached hydrogens (primary N) is 4. The molecule has 5 aliphatic rings. The molecular formula is C77H87BrN20O24P4. The zero-order valence-corrected chi connectivity index (χ0v) is 73.7. The van der Waals surface area contributed by atoms with Crippen LogP contribution in [0.2, 0.25) is 0 Å². The fourth-order valence-corrected chi connectivity index (χ4v) is 18.4. The number of amides is 4. The SMILES string of the molecule is COP1(=O)N=C(c2c(O)cnn(CC3CC3)c2=O)Nc2ccc(OCC(N)=O)cc21.COP1(=O)N=C(c2c(O)cnn(CCC(C)(C)C)c2=O)Nc2ccc(OCC(N)=O)cc21.COP1(=O)N=C(c2c(O)cnn(CCC(C)C)c2=O)Nc2ccc(OCC(N)=O)cc21.NC(=O)COc1ccc2c(c1)P(=O)(O)N=C(c1c(O)cnn(Cc3cccc(Br)c3)c1=O)N2. The maximum absolute atomic E-state index is 13.5. The highest BCUT2D eigenvalue weighted by Crippen LogP contribution is 2.55. The van der Waals surface area contributed by atoms with Crippen molar-refractivity contribution in [2.75, 3.05) is 69.0 Å². The maximum Gasteiger partial charge on any atom is 0.348 e. The number of nitrogens with zero attached hydrogens (tertiary/aromatic N) is 12. The molecule has 0 bridgehead atoms. The quantitative estimate of drug-likeness (QED) is 0.0297. The normalized spacial score (nSPS) is 18.1. The number of aromatic nitrogens is 8.